The van der Waals surface area contributed by atoms with E-state index in [1.54, 1.807) is 11.1 Å². The summed E-state index contributed by atoms with van der Waals surface area (Å²) in [5.74, 6) is 0.138. The number of anilines is 1. The Morgan fingerprint density at radius 2 is 2.15 bits per heavy atom. The van der Waals surface area contributed by atoms with E-state index in [-0.39, 0.29) is 29.7 Å². The van der Waals surface area contributed by atoms with E-state index >= 15 is 0 Å². The van der Waals surface area contributed by atoms with E-state index in [0.717, 1.165) is 5.56 Å². The molecule has 1 N–H and O–H groups in total. The van der Waals surface area contributed by atoms with E-state index in [9.17, 15) is 9.59 Å². The molecule has 2 heterocycles. The first-order chi connectivity index (χ1) is 9.27. The van der Waals surface area contributed by atoms with Gasteiger partial charge in [0.15, 0.2) is 0 Å². The molecule has 0 unspecified atom stereocenters. The van der Waals surface area contributed by atoms with Crippen molar-refractivity contribution in [2.75, 3.05) is 11.9 Å². The van der Waals surface area contributed by atoms with Crippen LogP contribution in [-0.4, -0.2) is 33.8 Å². The van der Waals surface area contributed by atoms with Crippen molar-refractivity contribution in [2.45, 2.75) is 39.7 Å². The third-order valence-corrected chi connectivity index (χ3v) is 3.47. The Morgan fingerprint density at radius 1 is 1.45 bits per heavy atom. The maximum absolute atomic E-state index is 12.2. The largest absolute Gasteiger partial charge is 0.337 e. The van der Waals surface area contributed by atoms with Gasteiger partial charge in [0.05, 0.1) is 5.92 Å². The van der Waals surface area contributed by atoms with Crippen molar-refractivity contribution < 1.29 is 9.59 Å². The van der Waals surface area contributed by atoms with Gasteiger partial charge in [0.2, 0.25) is 11.8 Å². The van der Waals surface area contributed by atoms with E-state index in [4.69, 9.17) is 0 Å². The number of carbonyl (C=O) groups excluding carboxylic acids is 2. The second-order valence-corrected chi connectivity index (χ2v) is 6.28. The summed E-state index contributed by atoms with van der Waals surface area (Å²) in [5, 5.41) is 2.79. The van der Waals surface area contributed by atoms with E-state index in [1.807, 2.05) is 39.8 Å². The van der Waals surface area contributed by atoms with Crippen molar-refractivity contribution >= 4 is 17.6 Å². The molecule has 1 fully saturated rings. The van der Waals surface area contributed by atoms with Crippen LogP contribution in [0.25, 0.3) is 0 Å². The van der Waals surface area contributed by atoms with Gasteiger partial charge in [0.25, 0.3) is 0 Å². The summed E-state index contributed by atoms with van der Waals surface area (Å²) in [5.41, 5.74) is 0.794. The first kappa shape index (κ1) is 14.5. The molecular weight excluding hydrogens is 254 g/mol. The molecule has 1 aliphatic heterocycles. The highest BCUT2D eigenvalue weighted by atomic mass is 16.2. The van der Waals surface area contributed by atoms with Crippen LogP contribution in [0.5, 0.6) is 0 Å². The fraction of sp³-hybridized carbons (Fsp3) is 0.533. The van der Waals surface area contributed by atoms with Crippen LogP contribution in [0.3, 0.4) is 0 Å². The Kier molecular flexibility index (Phi) is 3.79. The molecule has 1 aliphatic rings. The maximum atomic E-state index is 12.2. The van der Waals surface area contributed by atoms with Gasteiger partial charge in [-0.1, -0.05) is 0 Å². The second-order valence-electron chi connectivity index (χ2n) is 6.28. The first-order valence-electron chi connectivity index (χ1n) is 6.81. The molecule has 2 amide bonds. The summed E-state index contributed by atoms with van der Waals surface area (Å²) in [7, 11) is 0. The smallest absolute Gasteiger partial charge is 0.230 e. The van der Waals surface area contributed by atoms with Gasteiger partial charge in [-0.15, -0.1) is 0 Å². The molecule has 0 spiro atoms. The standard InChI is InChI=1S/C15H21N3O2/c1-10-5-6-16-12(7-10)17-14(20)11-8-13(19)18(9-11)15(2,3)4/h5-7,11H,8-9H2,1-4H3,(H,16,17,20)/t11-/m0/s1. The monoisotopic (exact) mass is 275 g/mol. The lowest BCUT2D eigenvalue weighted by atomic mass is 10.1. The molecule has 0 aliphatic carbocycles. The summed E-state index contributed by atoms with van der Waals surface area (Å²) >= 11 is 0. The van der Waals surface area contributed by atoms with Gasteiger partial charge in [-0.2, -0.15) is 0 Å². The second kappa shape index (κ2) is 5.23. The molecular formula is C15H21N3O2. The fourth-order valence-electron chi connectivity index (χ4n) is 2.36. The van der Waals surface area contributed by atoms with Crippen LogP contribution in [0.1, 0.15) is 32.8 Å². The summed E-state index contributed by atoms with van der Waals surface area (Å²) in [4.78, 5) is 30.1. The summed E-state index contributed by atoms with van der Waals surface area (Å²) in [6.45, 7) is 8.35. The maximum Gasteiger partial charge on any atom is 0.230 e. The summed E-state index contributed by atoms with van der Waals surface area (Å²) in [6.07, 6.45) is 1.93. The van der Waals surface area contributed by atoms with Gasteiger partial charge >= 0.3 is 0 Å². The molecule has 5 heteroatoms. The number of nitrogens with one attached hydrogen (secondary N) is 1. The molecule has 1 aromatic heterocycles. The van der Waals surface area contributed by atoms with Crippen molar-refractivity contribution in [1.82, 2.24) is 9.88 Å². The number of rotatable bonds is 2. The zero-order chi connectivity index (χ0) is 14.9. The number of hydrogen-bond acceptors (Lipinski definition) is 3. The lowest BCUT2D eigenvalue weighted by Crippen LogP contribution is -2.42. The SMILES string of the molecule is Cc1ccnc(NC(=O)[C@H]2CC(=O)N(C(C)(C)C)C2)c1. The van der Waals surface area contributed by atoms with Gasteiger partial charge < -0.3 is 10.2 Å². The average molecular weight is 275 g/mol. The highest BCUT2D eigenvalue weighted by Gasteiger charge is 2.39. The van der Waals surface area contributed by atoms with Gasteiger partial charge in [-0.3, -0.25) is 9.59 Å². The van der Waals surface area contributed by atoms with Crippen LogP contribution in [0.4, 0.5) is 5.82 Å². The Bertz CT molecular complexity index is 534. The zero-order valence-corrected chi connectivity index (χ0v) is 12.4. The van der Waals surface area contributed by atoms with Crippen LogP contribution in [0.15, 0.2) is 18.3 Å². The third kappa shape index (κ3) is 3.15. The van der Waals surface area contributed by atoms with Gasteiger partial charge in [0, 0.05) is 24.7 Å². The molecule has 108 valence electrons. The predicted octanol–water partition coefficient (Wildman–Crippen LogP) is 1.98. The minimum absolute atomic E-state index is 0.0369. The molecule has 1 aromatic rings. The number of carbonyl (C=O) groups is 2. The number of nitrogens with zero attached hydrogens (tertiary/aromatic N) is 2. The lowest BCUT2D eigenvalue weighted by molar-refractivity contribution is -0.131. The molecule has 20 heavy (non-hydrogen) atoms. The molecule has 5 nitrogen and oxygen atoms in total. The highest BCUT2D eigenvalue weighted by molar-refractivity contribution is 5.96. The Balaban J connectivity index is 2.03. The minimum atomic E-state index is -0.302. The number of pyridine rings is 1. The normalized spacial score (nSPS) is 19.3. The molecule has 1 saturated heterocycles. The number of amides is 2. The van der Waals surface area contributed by atoms with Crippen LogP contribution in [-0.2, 0) is 9.59 Å². The molecule has 0 saturated carbocycles. The van der Waals surface area contributed by atoms with Crippen molar-refractivity contribution in [3.05, 3.63) is 23.9 Å². The quantitative estimate of drug-likeness (QED) is 0.897. The molecule has 0 aromatic carbocycles. The number of aromatic nitrogens is 1. The number of hydrogen-bond donors (Lipinski definition) is 1. The Hall–Kier alpha value is -1.91. The molecule has 0 bridgehead atoms. The van der Waals surface area contributed by atoms with Crippen molar-refractivity contribution in [1.29, 1.82) is 0 Å². The topological polar surface area (TPSA) is 62.3 Å². The van der Waals surface area contributed by atoms with Crippen LogP contribution < -0.4 is 5.32 Å². The number of aryl methyl sites for hydroxylation is 1. The van der Waals surface area contributed by atoms with E-state index in [2.05, 4.69) is 10.3 Å². The average Bonchev–Trinajstić information content (AvgIpc) is 2.71. The van der Waals surface area contributed by atoms with Crippen molar-refractivity contribution in [2.24, 2.45) is 5.92 Å². The fourth-order valence-corrected chi connectivity index (χ4v) is 2.36. The molecule has 2 rings (SSSR count). The molecule has 1 atom stereocenters. The minimum Gasteiger partial charge on any atom is -0.337 e. The Labute approximate surface area is 119 Å². The van der Waals surface area contributed by atoms with Crippen LogP contribution >= 0.6 is 0 Å². The van der Waals surface area contributed by atoms with E-state index < -0.39 is 0 Å². The predicted molar refractivity (Wildman–Crippen MR) is 77.2 cm³/mol. The molecule has 0 radical (unpaired) electrons. The highest BCUT2D eigenvalue weighted by Crippen LogP contribution is 2.26. The van der Waals surface area contributed by atoms with Gasteiger partial charge in [-0.25, -0.2) is 4.98 Å². The third-order valence-electron chi connectivity index (χ3n) is 3.47. The van der Waals surface area contributed by atoms with E-state index in [1.165, 1.54) is 0 Å². The van der Waals surface area contributed by atoms with Crippen molar-refractivity contribution in [3.8, 4) is 0 Å². The number of likely N-dealkylation sites (tertiary alicyclic amines) is 1. The van der Waals surface area contributed by atoms with Crippen LogP contribution in [0, 0.1) is 12.8 Å². The summed E-state index contributed by atoms with van der Waals surface area (Å²) in [6, 6.07) is 3.69. The van der Waals surface area contributed by atoms with Gasteiger partial charge in [0.1, 0.15) is 5.82 Å². The lowest BCUT2D eigenvalue weighted by Gasteiger charge is -2.31. The summed E-state index contributed by atoms with van der Waals surface area (Å²) < 4.78 is 0. The van der Waals surface area contributed by atoms with Gasteiger partial charge in [-0.05, 0) is 45.4 Å². The van der Waals surface area contributed by atoms with Crippen LogP contribution in [0.2, 0.25) is 0 Å². The zero-order valence-electron chi connectivity index (χ0n) is 12.4. The van der Waals surface area contributed by atoms with E-state index in [0.29, 0.717) is 12.4 Å². The first-order valence-corrected chi connectivity index (χ1v) is 6.81. The Morgan fingerprint density at radius 3 is 2.70 bits per heavy atom. The van der Waals surface area contributed by atoms with Crippen molar-refractivity contribution in [3.63, 3.8) is 0 Å².